The lowest BCUT2D eigenvalue weighted by molar-refractivity contribution is 0.0753. The lowest BCUT2D eigenvalue weighted by Gasteiger charge is -2.27. The van der Waals surface area contributed by atoms with Gasteiger partial charge in [0, 0.05) is 46.2 Å². The average Bonchev–Trinajstić information content (AvgIpc) is 3.34. The summed E-state index contributed by atoms with van der Waals surface area (Å²) in [5.74, 6) is 0.0626. The molecular formula is C31H24Cl2N2O. The van der Waals surface area contributed by atoms with Gasteiger partial charge >= 0.3 is 0 Å². The molecular weight excluding hydrogens is 487 g/mol. The van der Waals surface area contributed by atoms with E-state index in [1.165, 1.54) is 5.56 Å². The molecule has 0 unspecified atom stereocenters. The van der Waals surface area contributed by atoms with E-state index in [9.17, 15) is 4.79 Å². The zero-order valence-corrected chi connectivity index (χ0v) is 21.3. The van der Waals surface area contributed by atoms with E-state index in [0.717, 1.165) is 45.3 Å². The fourth-order valence-electron chi connectivity index (χ4n) is 5.51. The van der Waals surface area contributed by atoms with Gasteiger partial charge in [-0.2, -0.15) is 0 Å². The van der Waals surface area contributed by atoms with Crippen LogP contribution in [0.5, 0.6) is 0 Å². The molecule has 0 spiro atoms. The fraction of sp³-hybridized carbons (Fsp3) is 0.129. The molecule has 178 valence electrons. The average molecular weight is 511 g/mol. The highest BCUT2D eigenvalue weighted by Crippen LogP contribution is 2.47. The van der Waals surface area contributed by atoms with Crippen molar-refractivity contribution in [2.24, 2.45) is 7.05 Å². The molecule has 0 fully saturated rings. The monoisotopic (exact) mass is 510 g/mol. The Bertz CT molecular complexity index is 1610. The van der Waals surface area contributed by atoms with E-state index in [1.54, 1.807) is 6.07 Å². The number of carbonyl (C=O) groups excluding carboxylic acids is 1. The largest absolute Gasteiger partial charge is 0.343 e. The summed E-state index contributed by atoms with van der Waals surface area (Å²) < 4.78 is 2.18. The Morgan fingerprint density at radius 2 is 1.53 bits per heavy atom. The first-order chi connectivity index (χ1) is 17.5. The molecule has 1 atom stereocenters. The first-order valence-electron chi connectivity index (χ1n) is 12.0. The Kier molecular flexibility index (Phi) is 5.83. The second-order valence-electron chi connectivity index (χ2n) is 9.19. The quantitative estimate of drug-likeness (QED) is 0.235. The summed E-state index contributed by atoms with van der Waals surface area (Å²) in [6.07, 6.45) is 0.777. The van der Waals surface area contributed by atoms with Crippen molar-refractivity contribution in [1.82, 2.24) is 9.47 Å². The lowest BCUT2D eigenvalue weighted by Crippen LogP contribution is -2.31. The van der Waals surface area contributed by atoms with Crippen molar-refractivity contribution in [2.75, 3.05) is 6.54 Å². The van der Waals surface area contributed by atoms with Crippen LogP contribution < -0.4 is 0 Å². The van der Waals surface area contributed by atoms with Crippen LogP contribution in [-0.2, 0) is 13.5 Å². The number of para-hydroxylation sites is 1. The smallest absolute Gasteiger partial charge is 0.255 e. The Morgan fingerprint density at radius 3 is 2.33 bits per heavy atom. The number of benzene rings is 4. The third kappa shape index (κ3) is 3.71. The summed E-state index contributed by atoms with van der Waals surface area (Å²) in [4.78, 5) is 15.8. The predicted octanol–water partition coefficient (Wildman–Crippen LogP) is 7.94. The first-order valence-corrected chi connectivity index (χ1v) is 12.8. The van der Waals surface area contributed by atoms with Crippen molar-refractivity contribution in [2.45, 2.75) is 12.5 Å². The SMILES string of the molecule is Cn1c(-c2ccc(Cl)cc2Cl)c([C@H]2c3ccccc3C(=O)N2CCc2ccccc2)c2ccccc21. The number of fused-ring (bicyclic) bond motifs is 2. The normalized spacial score (nSPS) is 15.0. The van der Waals surface area contributed by atoms with Gasteiger partial charge < -0.3 is 9.47 Å². The van der Waals surface area contributed by atoms with Crippen molar-refractivity contribution in [3.63, 3.8) is 0 Å². The van der Waals surface area contributed by atoms with Crippen LogP contribution in [0.2, 0.25) is 10.0 Å². The minimum absolute atomic E-state index is 0.0626. The maximum absolute atomic E-state index is 13.8. The second kappa shape index (κ2) is 9.16. The topological polar surface area (TPSA) is 25.2 Å². The third-order valence-corrected chi connectivity index (χ3v) is 7.70. The molecule has 1 aliphatic heterocycles. The highest BCUT2D eigenvalue weighted by molar-refractivity contribution is 6.36. The molecule has 0 N–H and O–H groups in total. The number of aromatic nitrogens is 1. The summed E-state index contributed by atoms with van der Waals surface area (Å²) in [7, 11) is 2.06. The standard InChI is InChI=1S/C31H24Cl2N2O/c1-34-27-14-8-7-13-25(27)28(29(34)24-16-15-21(32)19-26(24)33)30-22-11-5-6-12-23(22)31(36)35(30)18-17-20-9-3-2-4-10-20/h2-16,19,30H,17-18H2,1H3/t30-/m1/s1. The van der Waals surface area contributed by atoms with E-state index in [4.69, 9.17) is 23.2 Å². The summed E-state index contributed by atoms with van der Waals surface area (Å²) in [6, 6.07) is 32.0. The second-order valence-corrected chi connectivity index (χ2v) is 10.0. The molecule has 1 amide bonds. The van der Waals surface area contributed by atoms with E-state index in [1.807, 2.05) is 59.5 Å². The Morgan fingerprint density at radius 1 is 0.806 bits per heavy atom. The lowest BCUT2D eigenvalue weighted by atomic mass is 9.93. The number of hydrogen-bond donors (Lipinski definition) is 0. The van der Waals surface area contributed by atoms with Crippen LogP contribution in [-0.4, -0.2) is 21.9 Å². The van der Waals surface area contributed by atoms with E-state index in [-0.39, 0.29) is 11.9 Å². The molecule has 6 rings (SSSR count). The highest BCUT2D eigenvalue weighted by atomic mass is 35.5. The van der Waals surface area contributed by atoms with Gasteiger partial charge in [0.1, 0.15) is 0 Å². The van der Waals surface area contributed by atoms with Crippen LogP contribution in [0.4, 0.5) is 0 Å². The molecule has 0 saturated heterocycles. The Labute approximate surface area is 220 Å². The van der Waals surface area contributed by atoms with Crippen LogP contribution in [0.1, 0.15) is 33.1 Å². The molecule has 36 heavy (non-hydrogen) atoms. The van der Waals surface area contributed by atoms with Gasteiger partial charge in [0.05, 0.1) is 16.8 Å². The molecule has 3 nitrogen and oxygen atoms in total. The van der Waals surface area contributed by atoms with Crippen molar-refractivity contribution in [3.8, 4) is 11.3 Å². The number of rotatable bonds is 5. The van der Waals surface area contributed by atoms with Crippen LogP contribution in [0, 0.1) is 0 Å². The first kappa shape index (κ1) is 22.9. The number of aryl methyl sites for hydroxylation is 1. The van der Waals surface area contributed by atoms with E-state index < -0.39 is 0 Å². The van der Waals surface area contributed by atoms with Crippen molar-refractivity contribution in [3.05, 3.63) is 129 Å². The van der Waals surface area contributed by atoms with E-state index in [2.05, 4.69) is 48.0 Å². The van der Waals surface area contributed by atoms with Crippen molar-refractivity contribution >= 4 is 40.0 Å². The van der Waals surface area contributed by atoms with E-state index in [0.29, 0.717) is 16.6 Å². The number of hydrogen-bond acceptors (Lipinski definition) is 1. The summed E-state index contributed by atoms with van der Waals surface area (Å²) in [5.41, 5.74) is 7.07. The maximum atomic E-state index is 13.8. The van der Waals surface area contributed by atoms with E-state index >= 15 is 0 Å². The van der Waals surface area contributed by atoms with Crippen LogP contribution in [0.25, 0.3) is 22.2 Å². The fourth-order valence-corrected chi connectivity index (χ4v) is 6.01. The molecule has 5 heteroatoms. The number of nitrogens with zero attached hydrogens (tertiary/aromatic N) is 2. The third-order valence-electron chi connectivity index (χ3n) is 7.15. The van der Waals surface area contributed by atoms with Gasteiger partial charge in [-0.1, -0.05) is 89.9 Å². The molecule has 1 aromatic heterocycles. The molecule has 2 heterocycles. The molecule has 1 aliphatic rings. The molecule has 0 aliphatic carbocycles. The molecule has 5 aromatic rings. The van der Waals surface area contributed by atoms with Gasteiger partial charge in [0.15, 0.2) is 0 Å². The minimum Gasteiger partial charge on any atom is -0.343 e. The van der Waals surface area contributed by atoms with Gasteiger partial charge in [0.2, 0.25) is 0 Å². The van der Waals surface area contributed by atoms with Gasteiger partial charge in [-0.25, -0.2) is 0 Å². The van der Waals surface area contributed by atoms with Crippen LogP contribution in [0.15, 0.2) is 97.1 Å². The number of carbonyl (C=O) groups is 1. The predicted molar refractivity (Wildman–Crippen MR) is 148 cm³/mol. The molecule has 0 radical (unpaired) electrons. The zero-order valence-electron chi connectivity index (χ0n) is 19.8. The number of halogens is 2. The minimum atomic E-state index is -0.231. The van der Waals surface area contributed by atoms with Gasteiger partial charge in [-0.3, -0.25) is 4.79 Å². The molecule has 0 bridgehead atoms. The summed E-state index contributed by atoms with van der Waals surface area (Å²) in [5, 5.41) is 2.29. The molecule has 4 aromatic carbocycles. The maximum Gasteiger partial charge on any atom is 0.255 e. The summed E-state index contributed by atoms with van der Waals surface area (Å²) in [6.45, 7) is 0.610. The van der Waals surface area contributed by atoms with Crippen LogP contribution in [0.3, 0.4) is 0 Å². The highest BCUT2D eigenvalue weighted by Gasteiger charge is 2.40. The molecule has 0 saturated carbocycles. The Hall–Kier alpha value is -3.53. The number of amides is 1. The summed E-state index contributed by atoms with van der Waals surface area (Å²) >= 11 is 13.0. The zero-order chi connectivity index (χ0) is 24.8. The van der Waals surface area contributed by atoms with Gasteiger partial charge in [0.25, 0.3) is 5.91 Å². The van der Waals surface area contributed by atoms with Crippen LogP contribution >= 0.6 is 23.2 Å². The van der Waals surface area contributed by atoms with Crippen molar-refractivity contribution < 1.29 is 4.79 Å². The van der Waals surface area contributed by atoms with Gasteiger partial charge in [-0.15, -0.1) is 0 Å². The Balaban J connectivity index is 1.59. The van der Waals surface area contributed by atoms with Gasteiger partial charge in [-0.05, 0) is 47.9 Å². The van der Waals surface area contributed by atoms with Crippen molar-refractivity contribution in [1.29, 1.82) is 0 Å².